The Labute approximate surface area is 95.8 Å². The lowest BCUT2D eigenvalue weighted by atomic mass is 9.67. The van der Waals surface area contributed by atoms with Gasteiger partial charge in [0.2, 0.25) is 0 Å². The van der Waals surface area contributed by atoms with E-state index in [1.807, 2.05) is 0 Å². The van der Waals surface area contributed by atoms with Crippen LogP contribution in [0.1, 0.15) is 33.1 Å². The molecule has 92 valence electrons. The van der Waals surface area contributed by atoms with Gasteiger partial charge < -0.3 is 15.3 Å². The Bertz CT molecular complexity index is 289. The van der Waals surface area contributed by atoms with E-state index < -0.39 is 5.97 Å². The lowest BCUT2D eigenvalue weighted by molar-refractivity contribution is -0.137. The molecule has 0 saturated heterocycles. The van der Waals surface area contributed by atoms with E-state index in [0.717, 1.165) is 12.8 Å². The molecule has 0 spiro atoms. The van der Waals surface area contributed by atoms with Crippen LogP contribution in [-0.2, 0) is 4.79 Å². The smallest absolute Gasteiger partial charge is 0.317 e. The van der Waals surface area contributed by atoms with Crippen molar-refractivity contribution in [2.24, 2.45) is 5.41 Å². The Hall–Kier alpha value is -1.26. The van der Waals surface area contributed by atoms with E-state index in [-0.39, 0.29) is 30.5 Å². The molecule has 0 aromatic carbocycles. The highest BCUT2D eigenvalue weighted by Crippen LogP contribution is 2.39. The van der Waals surface area contributed by atoms with Crippen LogP contribution in [0, 0.1) is 5.41 Å². The average Bonchev–Trinajstić information content (AvgIpc) is 2.20. The molecule has 5 nitrogen and oxygen atoms in total. The minimum atomic E-state index is -0.886. The summed E-state index contributed by atoms with van der Waals surface area (Å²) in [6, 6.07) is 0.0336. The quantitative estimate of drug-likeness (QED) is 0.761. The number of carbonyl (C=O) groups is 2. The van der Waals surface area contributed by atoms with E-state index in [1.54, 1.807) is 7.05 Å². The monoisotopic (exact) mass is 228 g/mol. The van der Waals surface area contributed by atoms with Crippen LogP contribution in [-0.4, -0.2) is 41.6 Å². The zero-order chi connectivity index (χ0) is 12.3. The van der Waals surface area contributed by atoms with Gasteiger partial charge in [0.15, 0.2) is 0 Å². The fourth-order valence-corrected chi connectivity index (χ4v) is 1.76. The van der Waals surface area contributed by atoms with Crippen LogP contribution in [0.5, 0.6) is 0 Å². The molecular weight excluding hydrogens is 208 g/mol. The number of urea groups is 1. The van der Waals surface area contributed by atoms with Crippen LogP contribution in [0.2, 0.25) is 0 Å². The van der Waals surface area contributed by atoms with Crippen LogP contribution in [0.25, 0.3) is 0 Å². The molecule has 1 fully saturated rings. The summed E-state index contributed by atoms with van der Waals surface area (Å²) in [5, 5.41) is 11.4. The Morgan fingerprint density at radius 1 is 1.50 bits per heavy atom. The van der Waals surface area contributed by atoms with Crippen molar-refractivity contribution >= 4 is 12.0 Å². The lowest BCUT2D eigenvalue weighted by Crippen LogP contribution is -2.55. The van der Waals surface area contributed by atoms with Crippen molar-refractivity contribution in [3.8, 4) is 0 Å². The molecular formula is C11H20N2O3. The maximum Gasteiger partial charge on any atom is 0.317 e. The predicted molar refractivity (Wildman–Crippen MR) is 60.2 cm³/mol. The molecule has 0 radical (unpaired) electrons. The minimum absolute atomic E-state index is 0.0159. The first-order chi connectivity index (χ1) is 7.33. The van der Waals surface area contributed by atoms with Gasteiger partial charge in [0.05, 0.1) is 6.42 Å². The molecule has 2 amide bonds. The van der Waals surface area contributed by atoms with E-state index >= 15 is 0 Å². The average molecular weight is 228 g/mol. The summed E-state index contributed by atoms with van der Waals surface area (Å²) in [6.45, 7) is 4.49. The zero-order valence-electron chi connectivity index (χ0n) is 10.1. The normalized spacial score (nSPS) is 22.1. The van der Waals surface area contributed by atoms with Crippen molar-refractivity contribution in [1.82, 2.24) is 10.2 Å². The van der Waals surface area contributed by atoms with Crippen molar-refractivity contribution in [3.63, 3.8) is 0 Å². The predicted octanol–water partition coefficient (Wildman–Crippen LogP) is 1.29. The summed E-state index contributed by atoms with van der Waals surface area (Å²) >= 11 is 0. The highest BCUT2D eigenvalue weighted by atomic mass is 16.4. The summed E-state index contributed by atoms with van der Waals surface area (Å²) in [4.78, 5) is 23.4. The van der Waals surface area contributed by atoms with Crippen LogP contribution in [0.15, 0.2) is 0 Å². The van der Waals surface area contributed by atoms with E-state index in [0.29, 0.717) is 0 Å². The molecule has 2 N–H and O–H groups in total. The van der Waals surface area contributed by atoms with Gasteiger partial charge in [-0.05, 0) is 18.3 Å². The van der Waals surface area contributed by atoms with Crippen molar-refractivity contribution in [2.45, 2.75) is 39.2 Å². The fraction of sp³-hybridized carbons (Fsp3) is 0.818. The summed E-state index contributed by atoms with van der Waals surface area (Å²) in [6.07, 6.45) is 2.11. The number of rotatable bonds is 4. The van der Waals surface area contributed by atoms with Gasteiger partial charge in [-0.3, -0.25) is 4.79 Å². The highest BCUT2D eigenvalue weighted by Gasteiger charge is 2.39. The van der Waals surface area contributed by atoms with Crippen LogP contribution in [0.3, 0.4) is 0 Å². The van der Waals surface area contributed by atoms with Gasteiger partial charge in [0, 0.05) is 19.6 Å². The first-order valence-corrected chi connectivity index (χ1v) is 5.56. The van der Waals surface area contributed by atoms with E-state index in [2.05, 4.69) is 19.2 Å². The van der Waals surface area contributed by atoms with Gasteiger partial charge in [0.1, 0.15) is 0 Å². The van der Waals surface area contributed by atoms with Crippen molar-refractivity contribution in [1.29, 1.82) is 0 Å². The molecule has 0 bridgehead atoms. The number of carbonyl (C=O) groups excluding carboxylic acids is 1. The SMILES string of the molecule is CN(CCC(=O)O)C(=O)NC1CCC1(C)C. The van der Waals surface area contributed by atoms with Gasteiger partial charge in [-0.2, -0.15) is 0 Å². The maximum atomic E-state index is 11.7. The first-order valence-electron chi connectivity index (χ1n) is 5.56. The third-order valence-corrected chi connectivity index (χ3v) is 3.33. The second-order valence-electron chi connectivity index (χ2n) is 5.09. The van der Waals surface area contributed by atoms with Gasteiger partial charge >= 0.3 is 12.0 Å². The highest BCUT2D eigenvalue weighted by molar-refractivity contribution is 5.75. The molecule has 1 aliphatic rings. The topological polar surface area (TPSA) is 69.6 Å². The molecule has 1 rings (SSSR count). The Morgan fingerprint density at radius 3 is 2.50 bits per heavy atom. The van der Waals surface area contributed by atoms with E-state index in [1.165, 1.54) is 4.90 Å². The second kappa shape index (κ2) is 4.72. The fourth-order valence-electron chi connectivity index (χ4n) is 1.76. The molecule has 0 aliphatic heterocycles. The Balaban J connectivity index is 2.32. The number of amides is 2. The van der Waals surface area contributed by atoms with Gasteiger partial charge in [-0.1, -0.05) is 13.8 Å². The van der Waals surface area contributed by atoms with Crippen molar-refractivity contribution in [2.75, 3.05) is 13.6 Å². The lowest BCUT2D eigenvalue weighted by Gasteiger charge is -2.45. The number of carboxylic acids is 1. The molecule has 16 heavy (non-hydrogen) atoms. The largest absolute Gasteiger partial charge is 0.481 e. The number of nitrogens with one attached hydrogen (secondary N) is 1. The number of nitrogens with zero attached hydrogens (tertiary/aromatic N) is 1. The van der Waals surface area contributed by atoms with Crippen molar-refractivity contribution in [3.05, 3.63) is 0 Å². The molecule has 0 aromatic rings. The summed E-state index contributed by atoms with van der Waals surface area (Å²) in [7, 11) is 1.62. The second-order valence-corrected chi connectivity index (χ2v) is 5.09. The zero-order valence-corrected chi connectivity index (χ0v) is 10.1. The Kier molecular flexibility index (Phi) is 3.78. The molecule has 5 heteroatoms. The third-order valence-electron chi connectivity index (χ3n) is 3.33. The molecule has 1 atom stereocenters. The minimum Gasteiger partial charge on any atom is -0.481 e. The van der Waals surface area contributed by atoms with Gasteiger partial charge in [0.25, 0.3) is 0 Å². The summed E-state index contributed by atoms with van der Waals surface area (Å²) in [5.74, 6) is -0.886. The molecule has 0 aromatic heterocycles. The number of aliphatic carboxylic acids is 1. The van der Waals surface area contributed by atoms with E-state index in [4.69, 9.17) is 5.11 Å². The molecule has 0 heterocycles. The number of hydrogen-bond acceptors (Lipinski definition) is 2. The standard InChI is InChI=1S/C11H20N2O3/c1-11(2)6-4-8(11)12-10(16)13(3)7-5-9(14)15/h8H,4-7H2,1-3H3,(H,12,16)(H,14,15). The molecule has 1 saturated carbocycles. The van der Waals surface area contributed by atoms with Crippen LogP contribution >= 0.6 is 0 Å². The molecule has 1 unspecified atom stereocenters. The van der Waals surface area contributed by atoms with Gasteiger partial charge in [-0.25, -0.2) is 4.79 Å². The first kappa shape index (κ1) is 12.8. The summed E-state index contributed by atoms with van der Waals surface area (Å²) < 4.78 is 0. The van der Waals surface area contributed by atoms with Crippen LogP contribution in [0.4, 0.5) is 4.79 Å². The number of carboxylic acid groups (broad SMARTS) is 1. The van der Waals surface area contributed by atoms with E-state index in [9.17, 15) is 9.59 Å². The molecule has 1 aliphatic carbocycles. The van der Waals surface area contributed by atoms with Crippen molar-refractivity contribution < 1.29 is 14.7 Å². The third kappa shape index (κ3) is 3.12. The number of hydrogen-bond donors (Lipinski definition) is 2. The maximum absolute atomic E-state index is 11.7. The van der Waals surface area contributed by atoms with Crippen LogP contribution < -0.4 is 5.32 Å². The van der Waals surface area contributed by atoms with Gasteiger partial charge in [-0.15, -0.1) is 0 Å². The Morgan fingerprint density at radius 2 is 2.12 bits per heavy atom. The summed E-state index contributed by atoms with van der Waals surface area (Å²) in [5.41, 5.74) is 0.170.